The van der Waals surface area contributed by atoms with Gasteiger partial charge in [-0.1, -0.05) is 0 Å². The van der Waals surface area contributed by atoms with Crippen molar-refractivity contribution >= 4 is 17.0 Å². The normalized spacial score (nSPS) is 17.7. The molecule has 0 radical (unpaired) electrons. The topological polar surface area (TPSA) is 16.1 Å². The average Bonchev–Trinajstić information content (AvgIpc) is 3.30. The number of hydrogen-bond donors (Lipinski definition) is 0. The number of aryl methyl sites for hydroxylation is 1. The summed E-state index contributed by atoms with van der Waals surface area (Å²) in [7, 11) is 0. The summed E-state index contributed by atoms with van der Waals surface area (Å²) < 4.78 is 27.5. The Hall–Kier alpha value is -1.49. The molecule has 5 heteroatoms. The average molecular weight is 348 g/mol. The van der Waals surface area contributed by atoms with Crippen molar-refractivity contribution in [3.8, 4) is 10.4 Å². The fourth-order valence-corrected chi connectivity index (χ4v) is 4.66. The standard InChI is InChI=1S/C19H22F2N2S/c1-11(2)23-7-3-4-13-8-14(15(18(20)21)9-16(13)23)17-10-22-19(24-17)12-5-6-12/h8-12,18H,3-7H2,1-2H3. The van der Waals surface area contributed by atoms with Crippen LogP contribution in [0.25, 0.3) is 10.4 Å². The molecule has 0 unspecified atom stereocenters. The number of aromatic nitrogens is 1. The molecule has 0 saturated heterocycles. The third-order valence-electron chi connectivity index (χ3n) is 4.98. The summed E-state index contributed by atoms with van der Waals surface area (Å²) in [6.07, 6.45) is 3.73. The van der Waals surface area contributed by atoms with Crippen LogP contribution < -0.4 is 4.90 Å². The molecule has 0 N–H and O–H groups in total. The maximum Gasteiger partial charge on any atom is 0.264 e. The van der Waals surface area contributed by atoms with E-state index in [1.165, 1.54) is 18.4 Å². The number of nitrogens with zero attached hydrogens (tertiary/aromatic N) is 2. The minimum Gasteiger partial charge on any atom is -0.369 e. The highest BCUT2D eigenvalue weighted by atomic mass is 32.1. The van der Waals surface area contributed by atoms with E-state index in [0.29, 0.717) is 17.5 Å². The molecule has 0 atom stereocenters. The summed E-state index contributed by atoms with van der Waals surface area (Å²) in [6.45, 7) is 5.19. The fourth-order valence-electron chi connectivity index (χ4n) is 3.54. The largest absolute Gasteiger partial charge is 0.369 e. The number of thiazole rings is 1. The third-order valence-corrected chi connectivity index (χ3v) is 6.17. The first-order valence-corrected chi connectivity index (χ1v) is 9.54. The van der Waals surface area contributed by atoms with E-state index in [4.69, 9.17) is 0 Å². The van der Waals surface area contributed by atoms with Crippen molar-refractivity contribution in [3.63, 3.8) is 0 Å². The molecule has 2 heterocycles. The Balaban J connectivity index is 1.80. The summed E-state index contributed by atoms with van der Waals surface area (Å²) in [6, 6.07) is 4.05. The van der Waals surface area contributed by atoms with Crippen LogP contribution in [0.3, 0.4) is 0 Å². The molecule has 1 aromatic carbocycles. The van der Waals surface area contributed by atoms with Gasteiger partial charge in [0.1, 0.15) is 0 Å². The number of halogens is 2. The van der Waals surface area contributed by atoms with Gasteiger partial charge in [0.15, 0.2) is 0 Å². The van der Waals surface area contributed by atoms with Crippen LogP contribution in [0.1, 0.15) is 61.6 Å². The Morgan fingerprint density at radius 2 is 2.04 bits per heavy atom. The maximum atomic E-state index is 13.8. The predicted molar refractivity (Wildman–Crippen MR) is 95.3 cm³/mol. The molecule has 2 nitrogen and oxygen atoms in total. The van der Waals surface area contributed by atoms with Crippen molar-refractivity contribution in [1.82, 2.24) is 4.98 Å². The summed E-state index contributed by atoms with van der Waals surface area (Å²) >= 11 is 1.59. The van der Waals surface area contributed by atoms with E-state index >= 15 is 0 Å². The van der Waals surface area contributed by atoms with E-state index in [0.717, 1.165) is 35.0 Å². The van der Waals surface area contributed by atoms with Crippen molar-refractivity contribution in [3.05, 3.63) is 34.5 Å². The third kappa shape index (κ3) is 2.83. The number of fused-ring (bicyclic) bond motifs is 1. The van der Waals surface area contributed by atoms with Crippen molar-refractivity contribution in [2.24, 2.45) is 0 Å². The molecular formula is C19H22F2N2S. The summed E-state index contributed by atoms with van der Waals surface area (Å²) in [4.78, 5) is 7.61. The van der Waals surface area contributed by atoms with E-state index in [-0.39, 0.29) is 5.56 Å². The van der Waals surface area contributed by atoms with Crippen LogP contribution >= 0.6 is 11.3 Å². The van der Waals surface area contributed by atoms with Crippen LogP contribution in [0.4, 0.5) is 14.5 Å². The molecule has 0 amide bonds. The molecule has 2 aromatic rings. The highest BCUT2D eigenvalue weighted by Gasteiger charge is 2.29. The van der Waals surface area contributed by atoms with Crippen LogP contribution in [0.15, 0.2) is 18.3 Å². The molecule has 1 aliphatic carbocycles. The van der Waals surface area contributed by atoms with Gasteiger partial charge in [-0.3, -0.25) is 0 Å². The molecule has 128 valence electrons. The van der Waals surface area contributed by atoms with Crippen LogP contribution in [0, 0.1) is 0 Å². The van der Waals surface area contributed by atoms with Crippen LogP contribution in [-0.2, 0) is 6.42 Å². The summed E-state index contributed by atoms with van der Waals surface area (Å²) in [5.74, 6) is 0.563. The number of rotatable bonds is 4. The second kappa shape index (κ2) is 6.10. The van der Waals surface area contributed by atoms with Crippen molar-refractivity contribution in [1.29, 1.82) is 0 Å². The van der Waals surface area contributed by atoms with Gasteiger partial charge in [-0.25, -0.2) is 13.8 Å². The van der Waals surface area contributed by atoms with Crippen LogP contribution in [0.2, 0.25) is 0 Å². The van der Waals surface area contributed by atoms with Gasteiger partial charge in [0.2, 0.25) is 0 Å². The predicted octanol–water partition coefficient (Wildman–Crippen LogP) is 5.79. The Morgan fingerprint density at radius 3 is 2.71 bits per heavy atom. The van der Waals surface area contributed by atoms with Gasteiger partial charge in [0.05, 0.1) is 9.88 Å². The lowest BCUT2D eigenvalue weighted by Crippen LogP contribution is -2.35. The molecule has 1 fully saturated rings. The molecule has 1 saturated carbocycles. The lowest BCUT2D eigenvalue weighted by molar-refractivity contribution is 0.152. The minimum atomic E-state index is -2.47. The van der Waals surface area contributed by atoms with Crippen molar-refractivity contribution < 1.29 is 8.78 Å². The van der Waals surface area contributed by atoms with Crippen molar-refractivity contribution in [2.75, 3.05) is 11.4 Å². The van der Waals surface area contributed by atoms with E-state index in [2.05, 4.69) is 23.7 Å². The minimum absolute atomic E-state index is 0.146. The Bertz CT molecular complexity index is 750. The first-order valence-electron chi connectivity index (χ1n) is 8.72. The molecule has 1 aliphatic heterocycles. The number of hydrogen-bond acceptors (Lipinski definition) is 3. The fraction of sp³-hybridized carbons (Fsp3) is 0.526. The smallest absolute Gasteiger partial charge is 0.264 e. The SMILES string of the molecule is CC(C)N1CCCc2cc(-c3cnc(C4CC4)s3)c(C(F)F)cc21. The highest BCUT2D eigenvalue weighted by molar-refractivity contribution is 7.15. The summed E-state index contributed by atoms with van der Waals surface area (Å²) in [5, 5.41) is 1.10. The first-order chi connectivity index (χ1) is 11.5. The van der Waals surface area contributed by atoms with Crippen LogP contribution in [-0.4, -0.2) is 17.6 Å². The molecule has 0 spiro atoms. The lowest BCUT2D eigenvalue weighted by atomic mass is 9.94. The zero-order valence-corrected chi connectivity index (χ0v) is 14.9. The van der Waals surface area contributed by atoms with Gasteiger partial charge in [0.25, 0.3) is 6.43 Å². The molecule has 24 heavy (non-hydrogen) atoms. The molecule has 1 aromatic heterocycles. The second-order valence-corrected chi connectivity index (χ2v) is 8.16. The number of alkyl halides is 2. The van der Waals surface area contributed by atoms with Gasteiger partial charge in [-0.2, -0.15) is 0 Å². The van der Waals surface area contributed by atoms with Gasteiger partial charge in [0, 0.05) is 41.5 Å². The maximum absolute atomic E-state index is 13.8. The number of anilines is 1. The number of benzene rings is 1. The Morgan fingerprint density at radius 1 is 1.25 bits per heavy atom. The first kappa shape index (κ1) is 16.0. The molecule has 0 bridgehead atoms. The van der Waals surface area contributed by atoms with Gasteiger partial charge in [-0.15, -0.1) is 11.3 Å². The van der Waals surface area contributed by atoms with E-state index in [1.54, 1.807) is 23.6 Å². The Kier molecular flexibility index (Phi) is 4.07. The summed E-state index contributed by atoms with van der Waals surface area (Å²) in [5.41, 5.74) is 3.00. The van der Waals surface area contributed by atoms with Gasteiger partial charge < -0.3 is 4.90 Å². The highest BCUT2D eigenvalue weighted by Crippen LogP contribution is 2.46. The molecular weight excluding hydrogens is 326 g/mol. The zero-order valence-electron chi connectivity index (χ0n) is 14.1. The van der Waals surface area contributed by atoms with E-state index < -0.39 is 6.43 Å². The van der Waals surface area contributed by atoms with Gasteiger partial charge >= 0.3 is 0 Å². The van der Waals surface area contributed by atoms with Crippen LogP contribution in [0.5, 0.6) is 0 Å². The Labute approximate surface area is 145 Å². The second-order valence-electron chi connectivity index (χ2n) is 7.10. The van der Waals surface area contributed by atoms with E-state index in [9.17, 15) is 8.78 Å². The van der Waals surface area contributed by atoms with Gasteiger partial charge in [-0.05, 0) is 57.2 Å². The molecule has 2 aliphatic rings. The van der Waals surface area contributed by atoms with Crippen molar-refractivity contribution in [2.45, 2.75) is 57.9 Å². The lowest BCUT2D eigenvalue weighted by Gasteiger charge is -2.35. The van der Waals surface area contributed by atoms with E-state index in [1.807, 2.05) is 6.07 Å². The quantitative estimate of drug-likeness (QED) is 0.695. The zero-order chi connectivity index (χ0) is 16.8. The molecule has 4 rings (SSSR count). The monoisotopic (exact) mass is 348 g/mol.